The van der Waals surface area contributed by atoms with Gasteiger partial charge in [0.05, 0.1) is 17.8 Å². The van der Waals surface area contributed by atoms with Crippen LogP contribution in [0, 0.1) is 6.92 Å². The number of benzene rings is 1. The maximum absolute atomic E-state index is 10.0. The Kier molecular flexibility index (Phi) is 4.60. The van der Waals surface area contributed by atoms with Gasteiger partial charge in [-0.1, -0.05) is 35.7 Å². The summed E-state index contributed by atoms with van der Waals surface area (Å²) in [6.07, 6.45) is 3.64. The molecule has 0 radical (unpaired) electrons. The van der Waals surface area contributed by atoms with E-state index in [0.29, 0.717) is 17.5 Å². The molecule has 2 atom stereocenters. The number of aliphatic hydroxyl groups is 1. The lowest BCUT2D eigenvalue weighted by Gasteiger charge is -2.24. The Morgan fingerprint density at radius 3 is 3.00 bits per heavy atom. The molecule has 0 spiro atoms. The fourth-order valence-electron chi connectivity index (χ4n) is 2.73. The zero-order valence-electron chi connectivity index (χ0n) is 12.2. The molecule has 21 heavy (non-hydrogen) atoms. The summed E-state index contributed by atoms with van der Waals surface area (Å²) in [6, 6.07) is 8.37. The predicted octanol–water partition coefficient (Wildman–Crippen LogP) is 3.69. The van der Waals surface area contributed by atoms with Crippen molar-refractivity contribution < 1.29 is 9.63 Å². The molecule has 0 amide bonds. The zero-order chi connectivity index (χ0) is 14.7. The van der Waals surface area contributed by atoms with Crippen LogP contribution in [-0.2, 0) is 5.75 Å². The molecule has 0 aliphatic heterocycles. The van der Waals surface area contributed by atoms with Gasteiger partial charge in [-0.25, -0.2) is 0 Å². The molecular weight excluding hydrogens is 284 g/mol. The lowest BCUT2D eigenvalue weighted by Crippen LogP contribution is -2.22. The average molecular weight is 304 g/mol. The maximum atomic E-state index is 10.0. The van der Waals surface area contributed by atoms with Crippen LogP contribution < -0.4 is 0 Å². The molecule has 2 aromatic rings. The van der Waals surface area contributed by atoms with Crippen LogP contribution in [-0.4, -0.2) is 21.4 Å². The molecule has 112 valence electrons. The minimum atomic E-state index is -0.337. The third-order valence-electron chi connectivity index (χ3n) is 3.89. The van der Waals surface area contributed by atoms with E-state index < -0.39 is 0 Å². The second-order valence-corrected chi connectivity index (χ2v) is 6.66. The van der Waals surface area contributed by atoms with E-state index in [-0.39, 0.29) is 12.0 Å². The van der Waals surface area contributed by atoms with E-state index in [4.69, 9.17) is 4.52 Å². The Bertz CT molecular complexity index is 599. The highest BCUT2D eigenvalue weighted by molar-refractivity contribution is 7.98. The Morgan fingerprint density at radius 1 is 1.33 bits per heavy atom. The van der Waals surface area contributed by atoms with E-state index in [9.17, 15) is 5.11 Å². The molecule has 3 rings (SSSR count). The standard InChI is InChI=1S/C16H20N2O2S/c1-11-5-4-6-12(9-11)21-10-15-17-16(20-18-15)13-7-2-3-8-14(13)19/h4-6,9,13-14,19H,2-3,7-8,10H2,1H3. The topological polar surface area (TPSA) is 59.2 Å². The number of aromatic nitrogens is 2. The van der Waals surface area contributed by atoms with Crippen LogP contribution in [0.2, 0.25) is 0 Å². The van der Waals surface area contributed by atoms with Crippen molar-refractivity contribution in [3.8, 4) is 0 Å². The summed E-state index contributed by atoms with van der Waals surface area (Å²) in [4.78, 5) is 5.67. The monoisotopic (exact) mass is 304 g/mol. The molecule has 1 aliphatic carbocycles. The third-order valence-corrected chi connectivity index (χ3v) is 4.88. The molecule has 1 heterocycles. The third kappa shape index (κ3) is 3.66. The molecule has 0 saturated heterocycles. The summed E-state index contributed by atoms with van der Waals surface area (Å²) in [6.45, 7) is 2.08. The second kappa shape index (κ2) is 6.62. The number of rotatable bonds is 4. The molecule has 2 unspecified atom stereocenters. The maximum Gasteiger partial charge on any atom is 0.232 e. The van der Waals surface area contributed by atoms with Crippen LogP contribution in [0.4, 0.5) is 0 Å². The predicted molar refractivity (Wildman–Crippen MR) is 82.3 cm³/mol. The summed E-state index contributed by atoms with van der Waals surface area (Å²) in [7, 11) is 0. The lowest BCUT2D eigenvalue weighted by molar-refractivity contribution is 0.0908. The van der Waals surface area contributed by atoms with Crippen molar-refractivity contribution in [2.75, 3.05) is 0 Å². The van der Waals surface area contributed by atoms with Gasteiger partial charge in [-0.15, -0.1) is 11.8 Å². The Morgan fingerprint density at radius 2 is 2.19 bits per heavy atom. The van der Waals surface area contributed by atoms with Crippen molar-refractivity contribution >= 4 is 11.8 Å². The van der Waals surface area contributed by atoms with E-state index in [0.717, 1.165) is 25.7 Å². The number of nitrogens with zero attached hydrogens (tertiary/aromatic N) is 2. The Labute approximate surface area is 129 Å². The van der Waals surface area contributed by atoms with Gasteiger partial charge < -0.3 is 9.63 Å². The summed E-state index contributed by atoms with van der Waals surface area (Å²) in [5.74, 6) is 2.01. The first-order chi connectivity index (χ1) is 10.2. The van der Waals surface area contributed by atoms with Gasteiger partial charge in [0, 0.05) is 4.90 Å². The minimum absolute atomic E-state index is 0.0176. The van der Waals surface area contributed by atoms with Crippen LogP contribution in [0.5, 0.6) is 0 Å². The van der Waals surface area contributed by atoms with Gasteiger partial charge in [0.25, 0.3) is 0 Å². The number of aliphatic hydroxyl groups excluding tert-OH is 1. The first-order valence-corrected chi connectivity index (χ1v) is 8.41. The van der Waals surface area contributed by atoms with E-state index in [1.807, 2.05) is 0 Å². The normalized spacial score (nSPS) is 22.4. The summed E-state index contributed by atoms with van der Waals surface area (Å²) in [5.41, 5.74) is 1.25. The van der Waals surface area contributed by atoms with E-state index in [2.05, 4.69) is 41.3 Å². The van der Waals surface area contributed by atoms with Gasteiger partial charge in [0.2, 0.25) is 5.89 Å². The fourth-order valence-corrected chi connectivity index (χ4v) is 3.59. The summed E-state index contributed by atoms with van der Waals surface area (Å²) < 4.78 is 5.35. The van der Waals surface area contributed by atoms with Crippen LogP contribution in [0.3, 0.4) is 0 Å². The average Bonchev–Trinajstić information content (AvgIpc) is 2.94. The molecule has 1 aromatic heterocycles. The van der Waals surface area contributed by atoms with E-state index in [1.165, 1.54) is 10.5 Å². The van der Waals surface area contributed by atoms with Crippen molar-refractivity contribution in [3.05, 3.63) is 41.5 Å². The quantitative estimate of drug-likeness (QED) is 0.873. The van der Waals surface area contributed by atoms with Gasteiger partial charge in [-0.05, 0) is 31.9 Å². The first kappa shape index (κ1) is 14.6. The van der Waals surface area contributed by atoms with Gasteiger partial charge in [-0.2, -0.15) is 4.98 Å². The molecular formula is C16H20N2O2S. The van der Waals surface area contributed by atoms with E-state index >= 15 is 0 Å². The lowest BCUT2D eigenvalue weighted by atomic mass is 9.86. The molecule has 1 N–H and O–H groups in total. The molecule has 0 bridgehead atoms. The molecule has 5 heteroatoms. The van der Waals surface area contributed by atoms with Gasteiger partial charge >= 0.3 is 0 Å². The highest BCUT2D eigenvalue weighted by Gasteiger charge is 2.29. The molecule has 1 saturated carbocycles. The van der Waals surface area contributed by atoms with Crippen LogP contribution in [0.1, 0.15) is 48.9 Å². The number of hydrogen-bond acceptors (Lipinski definition) is 5. The minimum Gasteiger partial charge on any atom is -0.392 e. The molecule has 4 nitrogen and oxygen atoms in total. The number of thioether (sulfide) groups is 1. The Hall–Kier alpha value is -1.33. The van der Waals surface area contributed by atoms with Crippen molar-refractivity contribution in [1.29, 1.82) is 0 Å². The highest BCUT2D eigenvalue weighted by atomic mass is 32.2. The zero-order valence-corrected chi connectivity index (χ0v) is 13.0. The van der Waals surface area contributed by atoms with Crippen molar-refractivity contribution in [1.82, 2.24) is 10.1 Å². The second-order valence-electron chi connectivity index (χ2n) is 5.61. The van der Waals surface area contributed by atoms with Gasteiger partial charge in [0.15, 0.2) is 5.82 Å². The molecule has 1 fully saturated rings. The smallest absolute Gasteiger partial charge is 0.232 e. The number of aryl methyl sites for hydroxylation is 1. The largest absolute Gasteiger partial charge is 0.392 e. The SMILES string of the molecule is Cc1cccc(SCc2noc(C3CCCCC3O)n2)c1. The van der Waals surface area contributed by atoms with Crippen LogP contribution >= 0.6 is 11.8 Å². The van der Waals surface area contributed by atoms with Crippen LogP contribution in [0.15, 0.2) is 33.7 Å². The van der Waals surface area contributed by atoms with Crippen molar-refractivity contribution in [2.24, 2.45) is 0 Å². The fraction of sp³-hybridized carbons (Fsp3) is 0.500. The highest BCUT2D eigenvalue weighted by Crippen LogP contribution is 2.32. The number of hydrogen-bond donors (Lipinski definition) is 1. The Balaban J connectivity index is 1.62. The van der Waals surface area contributed by atoms with Gasteiger partial charge in [-0.3, -0.25) is 0 Å². The van der Waals surface area contributed by atoms with Crippen LogP contribution in [0.25, 0.3) is 0 Å². The summed E-state index contributed by atoms with van der Waals surface area (Å²) in [5, 5.41) is 14.1. The summed E-state index contributed by atoms with van der Waals surface area (Å²) >= 11 is 1.70. The first-order valence-electron chi connectivity index (χ1n) is 7.42. The van der Waals surface area contributed by atoms with Crippen molar-refractivity contribution in [3.63, 3.8) is 0 Å². The molecule has 1 aromatic carbocycles. The molecule has 1 aliphatic rings. The van der Waals surface area contributed by atoms with Crippen molar-refractivity contribution in [2.45, 2.75) is 55.3 Å². The van der Waals surface area contributed by atoms with E-state index in [1.54, 1.807) is 11.8 Å². The van der Waals surface area contributed by atoms with Gasteiger partial charge in [0.1, 0.15) is 0 Å².